The number of anilines is 1. The number of carbonyl (C=O) groups is 2. The molecule has 6 heteroatoms. The molecule has 1 aliphatic heterocycles. The van der Waals surface area contributed by atoms with Crippen LogP contribution < -0.4 is 35.3 Å². The molecule has 0 radical (unpaired) electrons. The summed E-state index contributed by atoms with van der Waals surface area (Å²) < 4.78 is 0. The maximum absolute atomic E-state index is 11.2. The van der Waals surface area contributed by atoms with E-state index in [4.69, 9.17) is 5.73 Å². The molecule has 0 aliphatic carbocycles. The predicted octanol–water partition coefficient (Wildman–Crippen LogP) is -1.87. The second kappa shape index (κ2) is 4.00. The van der Waals surface area contributed by atoms with Crippen LogP contribution in [0.5, 0.6) is 0 Å². The summed E-state index contributed by atoms with van der Waals surface area (Å²) in [6.07, 6.45) is 0. The quantitative estimate of drug-likeness (QED) is 0.392. The number of carbonyl (C=O) groups excluding carboxylic acids is 2. The van der Waals surface area contributed by atoms with E-state index in [-0.39, 0.29) is 47.8 Å². The van der Waals surface area contributed by atoms with Crippen LogP contribution in [0.4, 0.5) is 5.69 Å². The summed E-state index contributed by atoms with van der Waals surface area (Å²) in [6, 6.07) is 4.65. The van der Waals surface area contributed by atoms with E-state index in [2.05, 4.69) is 10.2 Å². The number of rotatable bonds is 0. The summed E-state index contributed by atoms with van der Waals surface area (Å²) in [7, 11) is 0. The topological polar surface area (TPSA) is 84.9 Å². The zero-order chi connectivity index (χ0) is 9.42. The maximum atomic E-state index is 11.2. The van der Waals surface area contributed by atoms with Crippen LogP contribution in [0.15, 0.2) is 28.4 Å². The van der Waals surface area contributed by atoms with Crippen molar-refractivity contribution in [1.82, 2.24) is 0 Å². The van der Waals surface area contributed by atoms with Crippen LogP contribution in [0.1, 0.15) is 22.1 Å². The molecule has 0 aromatic heterocycles. The van der Waals surface area contributed by atoms with Crippen molar-refractivity contribution in [2.75, 3.05) is 5.73 Å². The summed E-state index contributed by atoms with van der Waals surface area (Å²) in [4.78, 5) is 22.3. The Hall–Kier alpha value is -1.04. The van der Waals surface area contributed by atoms with Crippen LogP contribution in [-0.2, 0) is 0 Å². The van der Waals surface area contributed by atoms with Crippen molar-refractivity contribution in [3.8, 4) is 0 Å². The summed E-state index contributed by atoms with van der Waals surface area (Å²) >= 11 is 0. The minimum Gasteiger partial charge on any atom is -1.00 e. The third-order valence-electron chi connectivity index (χ3n) is 1.77. The summed E-state index contributed by atoms with van der Waals surface area (Å²) in [5, 5.41) is 6.34. The Morgan fingerprint density at radius 3 is 2.43 bits per heavy atom. The van der Waals surface area contributed by atoms with E-state index in [1.807, 2.05) is 0 Å². The standard InChI is InChI=1S/C8H5N3O2.Na.H/c9-5-3-1-2-4-6(5)8(13)11-10-7(4)12;;/h1-3H,9H2;;/q;+1;-1. The van der Waals surface area contributed by atoms with Gasteiger partial charge < -0.3 is 7.16 Å². The van der Waals surface area contributed by atoms with Crippen molar-refractivity contribution in [1.29, 1.82) is 0 Å². The Morgan fingerprint density at radius 1 is 1.14 bits per heavy atom. The maximum Gasteiger partial charge on any atom is 1.00 e. The second-order valence-electron chi connectivity index (χ2n) is 2.58. The number of nitrogens with zero attached hydrogens (tertiary/aromatic N) is 2. The van der Waals surface area contributed by atoms with Gasteiger partial charge in [0, 0.05) is 5.69 Å². The number of azo groups is 1. The third-order valence-corrected chi connectivity index (χ3v) is 1.77. The largest absolute Gasteiger partial charge is 1.00 e. The van der Waals surface area contributed by atoms with E-state index in [1.165, 1.54) is 6.07 Å². The van der Waals surface area contributed by atoms with Gasteiger partial charge in [-0.3, -0.25) is 9.59 Å². The zero-order valence-corrected chi connectivity index (χ0v) is 9.52. The molecule has 5 nitrogen and oxygen atoms in total. The van der Waals surface area contributed by atoms with Gasteiger partial charge in [-0.15, -0.1) is 10.2 Å². The SMILES string of the molecule is Nc1cccc2c1C(=O)N=NC2=O.[H-].[Na+]. The fraction of sp³-hybridized carbons (Fsp3) is 0. The molecule has 2 amide bonds. The average Bonchev–Trinajstić information content (AvgIpc) is 2.12. The minimum atomic E-state index is -0.562. The van der Waals surface area contributed by atoms with Gasteiger partial charge in [0.1, 0.15) is 0 Å². The van der Waals surface area contributed by atoms with Crippen molar-refractivity contribution in [3.63, 3.8) is 0 Å². The molecule has 2 N–H and O–H groups in total. The first-order valence-corrected chi connectivity index (χ1v) is 3.59. The molecule has 2 rings (SSSR count). The predicted molar refractivity (Wildman–Crippen MR) is 45.5 cm³/mol. The molecule has 0 saturated heterocycles. The van der Waals surface area contributed by atoms with Crippen LogP contribution in [0.25, 0.3) is 0 Å². The molecule has 0 atom stereocenters. The van der Waals surface area contributed by atoms with Gasteiger partial charge in [-0.25, -0.2) is 0 Å². The summed E-state index contributed by atoms with van der Waals surface area (Å²) in [6.45, 7) is 0. The van der Waals surface area contributed by atoms with E-state index in [9.17, 15) is 9.59 Å². The van der Waals surface area contributed by atoms with Crippen LogP contribution >= 0.6 is 0 Å². The van der Waals surface area contributed by atoms with Crippen LogP contribution in [-0.4, -0.2) is 11.8 Å². The van der Waals surface area contributed by atoms with Crippen molar-refractivity contribution in [2.45, 2.75) is 0 Å². The first-order chi connectivity index (χ1) is 6.20. The zero-order valence-electron chi connectivity index (χ0n) is 8.52. The number of fused-ring (bicyclic) bond motifs is 1. The summed E-state index contributed by atoms with van der Waals surface area (Å²) in [5.41, 5.74) is 6.16. The number of amides is 2. The van der Waals surface area contributed by atoms with E-state index >= 15 is 0 Å². The minimum absolute atomic E-state index is 0. The number of hydrogen-bond acceptors (Lipinski definition) is 3. The number of nitrogens with two attached hydrogens (primary N) is 1. The molecular weight excluding hydrogens is 193 g/mol. The molecular formula is C8H6N3NaO2. The van der Waals surface area contributed by atoms with E-state index < -0.39 is 11.8 Å². The van der Waals surface area contributed by atoms with Gasteiger partial charge in [0.2, 0.25) is 0 Å². The van der Waals surface area contributed by atoms with Gasteiger partial charge in [0.15, 0.2) is 0 Å². The van der Waals surface area contributed by atoms with Crippen molar-refractivity contribution in [2.24, 2.45) is 10.2 Å². The number of benzene rings is 1. The van der Waals surface area contributed by atoms with Gasteiger partial charge in [-0.1, -0.05) is 6.07 Å². The Kier molecular flexibility index (Phi) is 3.15. The molecule has 0 bridgehead atoms. The van der Waals surface area contributed by atoms with Crippen LogP contribution in [0.2, 0.25) is 0 Å². The second-order valence-corrected chi connectivity index (χ2v) is 2.58. The van der Waals surface area contributed by atoms with Crippen molar-refractivity contribution in [3.05, 3.63) is 29.3 Å². The Balaban J connectivity index is 0.000000980. The van der Waals surface area contributed by atoms with Gasteiger partial charge in [-0.05, 0) is 12.1 Å². The molecule has 0 saturated carbocycles. The Morgan fingerprint density at radius 2 is 1.79 bits per heavy atom. The Labute approximate surface area is 103 Å². The molecule has 0 unspecified atom stereocenters. The molecule has 0 spiro atoms. The third kappa shape index (κ3) is 1.61. The average molecular weight is 199 g/mol. The van der Waals surface area contributed by atoms with Crippen LogP contribution in [0.3, 0.4) is 0 Å². The molecule has 1 aromatic rings. The Bertz CT molecular complexity index is 448. The molecule has 66 valence electrons. The smallest absolute Gasteiger partial charge is 1.00 e. The first-order valence-electron chi connectivity index (χ1n) is 3.59. The van der Waals surface area contributed by atoms with Crippen molar-refractivity contribution >= 4 is 17.5 Å². The molecule has 0 fully saturated rings. The van der Waals surface area contributed by atoms with Crippen molar-refractivity contribution < 1.29 is 40.6 Å². The first kappa shape index (κ1) is 11.0. The molecule has 1 heterocycles. The van der Waals surface area contributed by atoms with Gasteiger partial charge in [-0.2, -0.15) is 0 Å². The fourth-order valence-corrected chi connectivity index (χ4v) is 1.18. The van der Waals surface area contributed by atoms with E-state index in [0.29, 0.717) is 0 Å². The molecule has 1 aliphatic rings. The number of hydrogen-bond donors (Lipinski definition) is 1. The molecule has 1 aromatic carbocycles. The van der Waals surface area contributed by atoms with E-state index in [1.54, 1.807) is 12.1 Å². The van der Waals surface area contributed by atoms with E-state index in [0.717, 1.165) is 0 Å². The van der Waals surface area contributed by atoms with Gasteiger partial charge in [0.25, 0.3) is 11.8 Å². The molecule has 14 heavy (non-hydrogen) atoms. The van der Waals surface area contributed by atoms with Gasteiger partial charge >= 0.3 is 29.6 Å². The number of nitrogen functional groups attached to an aromatic ring is 1. The van der Waals surface area contributed by atoms with Crippen LogP contribution in [0, 0.1) is 0 Å². The van der Waals surface area contributed by atoms with Gasteiger partial charge in [0.05, 0.1) is 11.1 Å². The monoisotopic (exact) mass is 199 g/mol. The summed E-state index contributed by atoms with van der Waals surface area (Å²) in [5.74, 6) is -1.09. The fourth-order valence-electron chi connectivity index (χ4n) is 1.18. The normalized spacial score (nSPS) is 13.4.